The lowest BCUT2D eigenvalue weighted by Gasteiger charge is -2.09. The SMILES string of the molecule is NNc1ccc([N+](=O)[O-])c(C(=O)NCC(F)(F)F)c1. The average Bonchev–Trinajstić information content (AvgIpc) is 2.34. The quantitative estimate of drug-likeness (QED) is 0.435. The largest absolute Gasteiger partial charge is 0.405 e. The monoisotopic (exact) mass is 278 g/mol. The summed E-state index contributed by atoms with van der Waals surface area (Å²) in [6.45, 7) is -1.58. The number of nitro groups is 1. The molecule has 1 aromatic rings. The number of nitro benzene ring substituents is 1. The lowest BCUT2D eigenvalue weighted by molar-refractivity contribution is -0.385. The molecule has 7 nitrogen and oxygen atoms in total. The van der Waals surface area contributed by atoms with Gasteiger partial charge in [-0.25, -0.2) is 0 Å². The first-order valence-electron chi connectivity index (χ1n) is 4.84. The van der Waals surface area contributed by atoms with Crippen LogP contribution in [0.5, 0.6) is 0 Å². The molecule has 0 aliphatic carbocycles. The van der Waals surface area contributed by atoms with Gasteiger partial charge >= 0.3 is 6.18 Å². The number of halogens is 3. The van der Waals surface area contributed by atoms with Gasteiger partial charge in [0.25, 0.3) is 11.6 Å². The number of anilines is 1. The van der Waals surface area contributed by atoms with Gasteiger partial charge in [-0.15, -0.1) is 0 Å². The number of alkyl halides is 3. The Hall–Kier alpha value is -2.36. The van der Waals surface area contributed by atoms with Gasteiger partial charge in [-0.1, -0.05) is 0 Å². The van der Waals surface area contributed by atoms with Gasteiger partial charge in [0.15, 0.2) is 0 Å². The van der Waals surface area contributed by atoms with E-state index in [1.54, 1.807) is 5.32 Å². The molecule has 0 aliphatic rings. The summed E-state index contributed by atoms with van der Waals surface area (Å²) in [7, 11) is 0. The molecule has 0 spiro atoms. The van der Waals surface area contributed by atoms with E-state index in [0.717, 1.165) is 12.1 Å². The van der Waals surface area contributed by atoms with Gasteiger partial charge in [0.05, 0.1) is 4.92 Å². The van der Waals surface area contributed by atoms with Crippen molar-refractivity contribution >= 4 is 17.3 Å². The number of carbonyl (C=O) groups excluding carboxylic acids is 1. The highest BCUT2D eigenvalue weighted by molar-refractivity contribution is 5.99. The molecule has 104 valence electrons. The highest BCUT2D eigenvalue weighted by Gasteiger charge is 2.29. The summed E-state index contributed by atoms with van der Waals surface area (Å²) in [6, 6.07) is 3.18. The van der Waals surface area contributed by atoms with Gasteiger partial charge in [0.2, 0.25) is 0 Å². The maximum absolute atomic E-state index is 12.0. The van der Waals surface area contributed by atoms with Crippen LogP contribution in [-0.4, -0.2) is 23.6 Å². The fraction of sp³-hybridized carbons (Fsp3) is 0.222. The van der Waals surface area contributed by atoms with Crippen molar-refractivity contribution in [2.75, 3.05) is 12.0 Å². The van der Waals surface area contributed by atoms with Crippen molar-refractivity contribution in [2.24, 2.45) is 5.84 Å². The van der Waals surface area contributed by atoms with E-state index in [1.165, 1.54) is 6.07 Å². The van der Waals surface area contributed by atoms with E-state index in [9.17, 15) is 28.1 Å². The number of hydrogen-bond donors (Lipinski definition) is 3. The topological polar surface area (TPSA) is 110 Å². The van der Waals surface area contributed by atoms with Crippen molar-refractivity contribution in [1.29, 1.82) is 0 Å². The van der Waals surface area contributed by atoms with Crippen LogP contribution in [-0.2, 0) is 0 Å². The second-order valence-corrected chi connectivity index (χ2v) is 3.43. The number of carbonyl (C=O) groups is 1. The van der Waals surface area contributed by atoms with Crippen molar-refractivity contribution in [3.05, 3.63) is 33.9 Å². The molecule has 10 heteroatoms. The third kappa shape index (κ3) is 4.10. The molecule has 1 rings (SSSR count). The standard InChI is InChI=1S/C9H9F3N4O3/c10-9(11,12)4-14-8(17)6-3-5(15-13)1-2-7(6)16(18)19/h1-3,15H,4,13H2,(H,14,17). The number of benzene rings is 1. The lowest BCUT2D eigenvalue weighted by atomic mass is 10.1. The lowest BCUT2D eigenvalue weighted by Crippen LogP contribution is -2.34. The molecule has 0 bridgehead atoms. The molecule has 0 heterocycles. The number of nitrogens with zero attached hydrogens (tertiary/aromatic N) is 1. The van der Waals surface area contributed by atoms with E-state index < -0.39 is 34.8 Å². The Morgan fingerprint density at radius 2 is 2.05 bits per heavy atom. The van der Waals surface area contributed by atoms with Crippen molar-refractivity contribution in [1.82, 2.24) is 5.32 Å². The summed E-state index contributed by atoms with van der Waals surface area (Å²) in [6.07, 6.45) is -4.60. The summed E-state index contributed by atoms with van der Waals surface area (Å²) >= 11 is 0. The molecule has 1 amide bonds. The van der Waals surface area contributed by atoms with Crippen LogP contribution in [0.3, 0.4) is 0 Å². The van der Waals surface area contributed by atoms with E-state index in [4.69, 9.17) is 5.84 Å². The summed E-state index contributed by atoms with van der Waals surface area (Å²) in [5.74, 6) is 3.85. The van der Waals surface area contributed by atoms with Gasteiger partial charge in [0.1, 0.15) is 12.1 Å². The zero-order valence-corrected chi connectivity index (χ0v) is 9.32. The second-order valence-electron chi connectivity index (χ2n) is 3.43. The van der Waals surface area contributed by atoms with Crippen LogP contribution >= 0.6 is 0 Å². The smallest absolute Gasteiger partial charge is 0.343 e. The molecule has 4 N–H and O–H groups in total. The second kappa shape index (κ2) is 5.52. The maximum atomic E-state index is 12.0. The van der Waals surface area contributed by atoms with Crippen LogP contribution in [0.25, 0.3) is 0 Å². The Morgan fingerprint density at radius 3 is 2.53 bits per heavy atom. The minimum atomic E-state index is -4.60. The molecule has 0 atom stereocenters. The summed E-state index contributed by atoms with van der Waals surface area (Å²) in [5.41, 5.74) is 1.17. The minimum absolute atomic E-state index is 0.155. The van der Waals surface area contributed by atoms with Gasteiger partial charge in [0, 0.05) is 11.8 Å². The first kappa shape index (κ1) is 14.7. The number of amides is 1. The Morgan fingerprint density at radius 1 is 1.42 bits per heavy atom. The number of hydrogen-bond acceptors (Lipinski definition) is 5. The van der Waals surface area contributed by atoms with Crippen molar-refractivity contribution < 1.29 is 22.9 Å². The van der Waals surface area contributed by atoms with Crippen molar-refractivity contribution in [3.8, 4) is 0 Å². The Kier molecular flexibility index (Phi) is 4.27. The van der Waals surface area contributed by atoms with Crippen LogP contribution in [0.1, 0.15) is 10.4 Å². The van der Waals surface area contributed by atoms with Crippen molar-refractivity contribution in [2.45, 2.75) is 6.18 Å². The highest BCUT2D eigenvalue weighted by atomic mass is 19.4. The molecule has 19 heavy (non-hydrogen) atoms. The summed E-state index contributed by atoms with van der Waals surface area (Å²) in [4.78, 5) is 21.3. The third-order valence-electron chi connectivity index (χ3n) is 2.05. The maximum Gasteiger partial charge on any atom is 0.405 e. The first-order valence-corrected chi connectivity index (χ1v) is 4.84. The molecule has 0 fully saturated rings. The van der Waals surface area contributed by atoms with Crippen molar-refractivity contribution in [3.63, 3.8) is 0 Å². The van der Waals surface area contributed by atoms with Crippen LogP contribution < -0.4 is 16.6 Å². The molecular formula is C9H9F3N4O3. The zero-order valence-electron chi connectivity index (χ0n) is 9.32. The molecule has 1 aromatic carbocycles. The van der Waals surface area contributed by atoms with Gasteiger partial charge in [-0.2, -0.15) is 13.2 Å². The first-order chi connectivity index (χ1) is 8.74. The van der Waals surface area contributed by atoms with Crippen LogP contribution in [0, 0.1) is 10.1 Å². The summed E-state index contributed by atoms with van der Waals surface area (Å²) in [5, 5.41) is 12.2. The molecular weight excluding hydrogens is 269 g/mol. The molecule has 0 radical (unpaired) electrons. The normalized spacial score (nSPS) is 10.9. The van der Waals surface area contributed by atoms with E-state index in [1.807, 2.05) is 0 Å². The minimum Gasteiger partial charge on any atom is -0.343 e. The Bertz CT molecular complexity index is 504. The Labute approximate surface area is 104 Å². The van der Waals surface area contributed by atoms with Crippen LogP contribution in [0.4, 0.5) is 24.5 Å². The van der Waals surface area contributed by atoms with Crippen LogP contribution in [0.15, 0.2) is 18.2 Å². The van der Waals surface area contributed by atoms with E-state index in [2.05, 4.69) is 5.43 Å². The molecule has 0 saturated heterocycles. The molecule has 0 aliphatic heterocycles. The fourth-order valence-electron chi connectivity index (χ4n) is 1.24. The molecule has 0 aromatic heterocycles. The number of hydrazine groups is 1. The van der Waals surface area contributed by atoms with E-state index in [0.29, 0.717) is 0 Å². The van der Waals surface area contributed by atoms with Gasteiger partial charge < -0.3 is 10.7 Å². The number of nitrogens with two attached hydrogens (primary N) is 1. The molecule has 0 unspecified atom stereocenters. The van der Waals surface area contributed by atoms with Gasteiger partial charge in [-0.3, -0.25) is 20.8 Å². The predicted molar refractivity (Wildman–Crippen MR) is 59.3 cm³/mol. The zero-order chi connectivity index (χ0) is 14.6. The highest BCUT2D eigenvalue weighted by Crippen LogP contribution is 2.22. The number of nitrogens with one attached hydrogen (secondary N) is 2. The van der Waals surface area contributed by atoms with Crippen LogP contribution in [0.2, 0.25) is 0 Å². The van der Waals surface area contributed by atoms with Gasteiger partial charge in [-0.05, 0) is 12.1 Å². The third-order valence-corrected chi connectivity index (χ3v) is 2.05. The fourth-order valence-corrected chi connectivity index (χ4v) is 1.24. The average molecular weight is 278 g/mol. The van der Waals surface area contributed by atoms with E-state index >= 15 is 0 Å². The number of nitrogen functional groups attached to an aromatic ring is 1. The predicted octanol–water partition coefficient (Wildman–Crippen LogP) is 1.17. The Balaban J connectivity index is 3.02. The summed E-state index contributed by atoms with van der Waals surface area (Å²) < 4.78 is 35.9. The number of rotatable bonds is 4. The van der Waals surface area contributed by atoms with E-state index in [-0.39, 0.29) is 5.69 Å². The molecule has 0 saturated carbocycles.